The molecule has 0 amide bonds. The van der Waals surface area contributed by atoms with Crippen LogP contribution in [0.1, 0.15) is 25.7 Å². The van der Waals surface area contributed by atoms with Gasteiger partial charge < -0.3 is 10.4 Å². The quantitative estimate of drug-likeness (QED) is 0.676. The van der Waals surface area contributed by atoms with E-state index in [0.717, 1.165) is 36.1 Å². The second kappa shape index (κ2) is 4.84. The van der Waals surface area contributed by atoms with Gasteiger partial charge in [-0.05, 0) is 43.4 Å². The number of hydrogen-bond acceptors (Lipinski definition) is 4. The molecule has 3 fully saturated rings. The van der Waals surface area contributed by atoms with Crippen molar-refractivity contribution in [2.45, 2.75) is 36.3 Å². The fourth-order valence-corrected chi connectivity index (χ4v) is 5.56. The molecule has 4 unspecified atom stereocenters. The topological polar surface area (TPSA) is 44.3 Å². The third-order valence-electron chi connectivity index (χ3n) is 4.55. The number of fused-ring (bicyclic) bond motifs is 3. The van der Waals surface area contributed by atoms with Gasteiger partial charge in [-0.2, -0.15) is 0 Å². The van der Waals surface area contributed by atoms with Crippen LogP contribution in [0.15, 0.2) is 0 Å². The van der Waals surface area contributed by atoms with Gasteiger partial charge in [-0.3, -0.25) is 5.32 Å². The molecule has 3 N–H and O–H groups in total. The molecule has 2 saturated heterocycles. The van der Waals surface area contributed by atoms with Gasteiger partial charge in [0.1, 0.15) is 0 Å². The number of nitrogens with one attached hydrogen (secondary N) is 2. The van der Waals surface area contributed by atoms with Crippen molar-refractivity contribution < 1.29 is 5.11 Å². The molecule has 0 bridgehead atoms. The molecule has 92 valence electrons. The van der Waals surface area contributed by atoms with E-state index in [1.165, 1.54) is 25.8 Å². The van der Waals surface area contributed by atoms with Crippen molar-refractivity contribution in [2.75, 3.05) is 19.8 Å². The minimum absolute atomic E-state index is 0.375. The average Bonchev–Trinajstić information content (AvgIpc) is 2.68. The standard InChI is InChI=1S/C12H22N2OS/c15-4-3-8-1-2-11-9(5-8)10-6-13-7-14-12(10)16-11/h8-15H,1-7H2/t8-,9?,10?,11?,12?/m1/s1. The molecule has 1 saturated carbocycles. The Morgan fingerprint density at radius 3 is 3.06 bits per heavy atom. The van der Waals surface area contributed by atoms with Crippen LogP contribution in [0.3, 0.4) is 0 Å². The molecular formula is C12H22N2OS. The maximum Gasteiger partial charge on any atom is 0.0588 e. The van der Waals surface area contributed by atoms with Crippen LogP contribution < -0.4 is 10.6 Å². The maximum atomic E-state index is 9.06. The van der Waals surface area contributed by atoms with E-state index < -0.39 is 0 Å². The van der Waals surface area contributed by atoms with Crippen LogP contribution in [-0.4, -0.2) is 35.6 Å². The molecule has 0 radical (unpaired) electrons. The van der Waals surface area contributed by atoms with Crippen molar-refractivity contribution in [1.82, 2.24) is 10.6 Å². The molecule has 5 atom stereocenters. The molecule has 3 nitrogen and oxygen atoms in total. The Morgan fingerprint density at radius 1 is 1.25 bits per heavy atom. The summed E-state index contributed by atoms with van der Waals surface area (Å²) >= 11 is 2.19. The molecule has 1 aliphatic carbocycles. The average molecular weight is 242 g/mol. The van der Waals surface area contributed by atoms with Crippen LogP contribution in [0.2, 0.25) is 0 Å². The first kappa shape index (κ1) is 11.3. The van der Waals surface area contributed by atoms with E-state index in [1.54, 1.807) is 0 Å². The lowest BCUT2D eigenvalue weighted by Gasteiger charge is -2.35. The summed E-state index contributed by atoms with van der Waals surface area (Å²) in [6.07, 6.45) is 5.07. The van der Waals surface area contributed by atoms with Gasteiger partial charge in [-0.1, -0.05) is 0 Å². The van der Waals surface area contributed by atoms with Gasteiger partial charge in [0.05, 0.1) is 5.37 Å². The van der Waals surface area contributed by atoms with Gasteiger partial charge in [0.15, 0.2) is 0 Å². The Kier molecular flexibility index (Phi) is 3.43. The first-order chi connectivity index (χ1) is 7.88. The summed E-state index contributed by atoms with van der Waals surface area (Å²) in [5.74, 6) is 2.50. The number of rotatable bonds is 2. The van der Waals surface area contributed by atoms with Crippen molar-refractivity contribution in [1.29, 1.82) is 0 Å². The Bertz CT molecular complexity index is 251. The van der Waals surface area contributed by atoms with E-state index in [-0.39, 0.29) is 0 Å². The molecule has 2 aliphatic heterocycles. The zero-order valence-electron chi connectivity index (χ0n) is 9.69. The lowest BCUT2D eigenvalue weighted by molar-refractivity contribution is 0.162. The Labute approximate surface area is 102 Å². The minimum atomic E-state index is 0.375. The lowest BCUT2D eigenvalue weighted by Crippen LogP contribution is -2.49. The molecule has 4 heteroatoms. The summed E-state index contributed by atoms with van der Waals surface area (Å²) in [4.78, 5) is 0. The molecule has 0 spiro atoms. The fraction of sp³-hybridized carbons (Fsp3) is 1.00. The predicted molar refractivity (Wildman–Crippen MR) is 67.2 cm³/mol. The van der Waals surface area contributed by atoms with Gasteiger partial charge in [0.2, 0.25) is 0 Å². The van der Waals surface area contributed by atoms with E-state index in [1.807, 2.05) is 0 Å². The highest BCUT2D eigenvalue weighted by molar-refractivity contribution is 8.00. The summed E-state index contributed by atoms with van der Waals surface area (Å²) in [7, 11) is 0. The van der Waals surface area contributed by atoms with Gasteiger partial charge in [0, 0.05) is 25.1 Å². The van der Waals surface area contributed by atoms with Crippen LogP contribution in [0.4, 0.5) is 0 Å². The lowest BCUT2D eigenvalue weighted by atomic mass is 9.73. The Morgan fingerprint density at radius 2 is 2.19 bits per heavy atom. The number of aliphatic hydroxyl groups is 1. The van der Waals surface area contributed by atoms with Crippen LogP contribution >= 0.6 is 11.8 Å². The van der Waals surface area contributed by atoms with E-state index in [4.69, 9.17) is 5.11 Å². The van der Waals surface area contributed by atoms with Crippen LogP contribution in [0.25, 0.3) is 0 Å². The summed E-state index contributed by atoms with van der Waals surface area (Å²) in [6.45, 7) is 2.55. The maximum absolute atomic E-state index is 9.06. The van der Waals surface area contributed by atoms with Crippen molar-refractivity contribution in [3.05, 3.63) is 0 Å². The molecule has 0 aromatic rings. The number of hydrogen-bond donors (Lipinski definition) is 3. The summed E-state index contributed by atoms with van der Waals surface area (Å²) in [6, 6.07) is 0. The van der Waals surface area contributed by atoms with Crippen molar-refractivity contribution in [3.8, 4) is 0 Å². The van der Waals surface area contributed by atoms with Gasteiger partial charge >= 0.3 is 0 Å². The van der Waals surface area contributed by atoms with Crippen LogP contribution in [-0.2, 0) is 0 Å². The zero-order valence-corrected chi connectivity index (χ0v) is 10.5. The normalized spacial score (nSPS) is 47.4. The molecular weight excluding hydrogens is 220 g/mol. The SMILES string of the molecule is OCC[C@H]1CCC2SC3NCNCC3C2C1. The highest BCUT2D eigenvalue weighted by Gasteiger charge is 2.46. The summed E-state index contributed by atoms with van der Waals surface area (Å²) < 4.78 is 0. The van der Waals surface area contributed by atoms with Crippen LogP contribution in [0, 0.1) is 17.8 Å². The molecule has 16 heavy (non-hydrogen) atoms. The Hall–Kier alpha value is 0.230. The van der Waals surface area contributed by atoms with E-state index in [0.29, 0.717) is 12.0 Å². The van der Waals surface area contributed by atoms with Gasteiger partial charge in [0.25, 0.3) is 0 Å². The zero-order chi connectivity index (χ0) is 11.0. The van der Waals surface area contributed by atoms with Crippen molar-refractivity contribution in [2.24, 2.45) is 17.8 Å². The first-order valence-corrected chi connectivity index (χ1v) is 7.53. The number of thioether (sulfide) groups is 1. The molecule has 3 aliphatic rings. The highest BCUT2D eigenvalue weighted by atomic mass is 32.2. The van der Waals surface area contributed by atoms with E-state index in [9.17, 15) is 0 Å². The summed E-state index contributed by atoms with van der Waals surface area (Å²) in [5, 5.41) is 17.7. The summed E-state index contributed by atoms with van der Waals surface area (Å²) in [5.41, 5.74) is 0. The van der Waals surface area contributed by atoms with Crippen LogP contribution in [0.5, 0.6) is 0 Å². The van der Waals surface area contributed by atoms with Crippen molar-refractivity contribution >= 4 is 11.8 Å². The van der Waals surface area contributed by atoms with E-state index >= 15 is 0 Å². The molecule has 3 rings (SSSR count). The molecule has 2 heterocycles. The predicted octanol–water partition coefficient (Wildman–Crippen LogP) is 0.993. The fourth-order valence-electron chi connectivity index (χ4n) is 3.72. The first-order valence-electron chi connectivity index (χ1n) is 6.59. The third kappa shape index (κ3) is 2.01. The monoisotopic (exact) mass is 242 g/mol. The van der Waals surface area contributed by atoms with Crippen molar-refractivity contribution in [3.63, 3.8) is 0 Å². The molecule has 0 aromatic carbocycles. The molecule has 0 aromatic heterocycles. The third-order valence-corrected chi connectivity index (χ3v) is 6.29. The second-order valence-corrected chi connectivity index (χ2v) is 6.83. The largest absolute Gasteiger partial charge is 0.396 e. The smallest absolute Gasteiger partial charge is 0.0588 e. The van der Waals surface area contributed by atoms with Gasteiger partial charge in [-0.15, -0.1) is 11.8 Å². The van der Waals surface area contributed by atoms with Gasteiger partial charge in [-0.25, -0.2) is 0 Å². The second-order valence-electron chi connectivity index (χ2n) is 5.45. The highest BCUT2D eigenvalue weighted by Crippen LogP contribution is 2.51. The number of aliphatic hydroxyl groups excluding tert-OH is 1. The van der Waals surface area contributed by atoms with E-state index in [2.05, 4.69) is 22.4 Å². The minimum Gasteiger partial charge on any atom is -0.396 e. The Balaban J connectivity index is 1.66.